The second-order valence-electron chi connectivity index (χ2n) is 7.98. The molecule has 0 bridgehead atoms. The number of rotatable bonds is 2. The first kappa shape index (κ1) is 16.8. The molecular weight excluding hydrogens is 342 g/mol. The SMILES string of the molecule is COc1ccc2c(c1OC)CN1CCc3cc4c(cc3C1C2)OC(C)(C)O4. The predicted molar refractivity (Wildman–Crippen MR) is 102 cm³/mol. The molecule has 1 unspecified atom stereocenters. The Morgan fingerprint density at radius 1 is 1.04 bits per heavy atom. The summed E-state index contributed by atoms with van der Waals surface area (Å²) in [6, 6.07) is 8.93. The Morgan fingerprint density at radius 3 is 2.56 bits per heavy atom. The van der Waals surface area contributed by atoms with Gasteiger partial charge < -0.3 is 18.9 Å². The van der Waals surface area contributed by atoms with E-state index in [-0.39, 0.29) is 0 Å². The third-order valence-corrected chi connectivity index (χ3v) is 5.91. The highest BCUT2D eigenvalue weighted by atomic mass is 16.7. The molecule has 2 aromatic carbocycles. The van der Waals surface area contributed by atoms with Gasteiger partial charge in [0.15, 0.2) is 23.0 Å². The maximum absolute atomic E-state index is 6.00. The Bertz CT molecular complexity index is 921. The Hall–Kier alpha value is -2.40. The number of methoxy groups -OCH3 is 2. The Balaban J connectivity index is 1.55. The molecule has 27 heavy (non-hydrogen) atoms. The minimum Gasteiger partial charge on any atom is -0.493 e. The van der Waals surface area contributed by atoms with Crippen molar-refractivity contribution in [3.8, 4) is 23.0 Å². The van der Waals surface area contributed by atoms with Crippen LogP contribution in [0.3, 0.4) is 0 Å². The van der Waals surface area contributed by atoms with Crippen LogP contribution in [0.25, 0.3) is 0 Å². The summed E-state index contributed by atoms with van der Waals surface area (Å²) in [6.45, 7) is 5.81. The van der Waals surface area contributed by atoms with Gasteiger partial charge >= 0.3 is 0 Å². The zero-order valence-electron chi connectivity index (χ0n) is 16.3. The first-order valence-corrected chi connectivity index (χ1v) is 9.50. The van der Waals surface area contributed by atoms with E-state index in [1.165, 1.54) is 22.3 Å². The Morgan fingerprint density at radius 2 is 1.81 bits per heavy atom. The van der Waals surface area contributed by atoms with Crippen molar-refractivity contribution in [1.82, 2.24) is 4.90 Å². The van der Waals surface area contributed by atoms with Crippen LogP contribution in [0.15, 0.2) is 24.3 Å². The third kappa shape index (κ3) is 2.56. The molecule has 3 heterocycles. The van der Waals surface area contributed by atoms with Gasteiger partial charge in [0, 0.05) is 38.5 Å². The van der Waals surface area contributed by atoms with Gasteiger partial charge in [-0.05, 0) is 47.7 Å². The maximum Gasteiger partial charge on any atom is 0.246 e. The van der Waals surface area contributed by atoms with Crippen molar-refractivity contribution in [3.63, 3.8) is 0 Å². The molecule has 0 radical (unpaired) electrons. The summed E-state index contributed by atoms with van der Waals surface area (Å²) >= 11 is 0. The van der Waals surface area contributed by atoms with Gasteiger partial charge in [0.1, 0.15) is 0 Å². The van der Waals surface area contributed by atoms with Crippen LogP contribution in [-0.2, 0) is 19.4 Å². The molecule has 0 N–H and O–H groups in total. The number of nitrogens with zero attached hydrogens (tertiary/aromatic N) is 1. The van der Waals surface area contributed by atoms with Crippen molar-refractivity contribution in [2.45, 2.75) is 45.1 Å². The van der Waals surface area contributed by atoms with Crippen LogP contribution in [0.5, 0.6) is 23.0 Å². The fraction of sp³-hybridized carbons (Fsp3) is 0.455. The summed E-state index contributed by atoms with van der Waals surface area (Å²) in [7, 11) is 3.41. The van der Waals surface area contributed by atoms with Crippen LogP contribution in [0.4, 0.5) is 0 Å². The molecule has 0 aliphatic carbocycles. The highest BCUT2D eigenvalue weighted by molar-refractivity contribution is 5.55. The summed E-state index contributed by atoms with van der Waals surface area (Å²) < 4.78 is 23.1. The zero-order valence-corrected chi connectivity index (χ0v) is 16.3. The van der Waals surface area contributed by atoms with E-state index in [1.54, 1.807) is 14.2 Å². The Kier molecular flexibility index (Phi) is 3.60. The molecule has 1 atom stereocenters. The summed E-state index contributed by atoms with van der Waals surface area (Å²) in [5, 5.41) is 0. The predicted octanol–water partition coefficient (Wildman–Crippen LogP) is 3.87. The topological polar surface area (TPSA) is 40.2 Å². The van der Waals surface area contributed by atoms with Crippen molar-refractivity contribution in [2.24, 2.45) is 0 Å². The smallest absolute Gasteiger partial charge is 0.246 e. The van der Waals surface area contributed by atoms with Crippen LogP contribution >= 0.6 is 0 Å². The molecule has 2 aromatic rings. The van der Waals surface area contributed by atoms with Crippen LogP contribution in [0, 0.1) is 0 Å². The summed E-state index contributed by atoms with van der Waals surface area (Å²) in [5.41, 5.74) is 5.32. The van der Waals surface area contributed by atoms with E-state index >= 15 is 0 Å². The zero-order chi connectivity index (χ0) is 18.8. The lowest BCUT2D eigenvalue weighted by atomic mass is 9.83. The lowest BCUT2D eigenvalue weighted by Crippen LogP contribution is -2.39. The number of fused-ring (bicyclic) bond motifs is 5. The summed E-state index contributed by atoms with van der Waals surface area (Å²) in [5.74, 6) is 2.81. The number of ether oxygens (including phenoxy) is 4. The van der Waals surface area contributed by atoms with Crippen molar-refractivity contribution in [1.29, 1.82) is 0 Å². The normalized spacial score (nSPS) is 21.9. The average Bonchev–Trinajstić information content (AvgIpc) is 2.96. The minimum absolute atomic E-state index is 0.358. The molecule has 0 spiro atoms. The van der Waals surface area contributed by atoms with Gasteiger partial charge in [0.05, 0.1) is 14.2 Å². The molecule has 0 saturated heterocycles. The second-order valence-corrected chi connectivity index (χ2v) is 7.98. The van der Waals surface area contributed by atoms with E-state index in [0.29, 0.717) is 6.04 Å². The molecule has 0 fully saturated rings. The van der Waals surface area contributed by atoms with E-state index in [2.05, 4.69) is 23.1 Å². The van der Waals surface area contributed by atoms with Gasteiger partial charge in [0.25, 0.3) is 0 Å². The molecular formula is C22H25NO4. The second kappa shape index (κ2) is 5.80. The molecule has 5 heteroatoms. The van der Waals surface area contributed by atoms with E-state index in [0.717, 1.165) is 48.9 Å². The maximum atomic E-state index is 6.00. The van der Waals surface area contributed by atoms with E-state index in [4.69, 9.17) is 18.9 Å². The van der Waals surface area contributed by atoms with Crippen molar-refractivity contribution in [2.75, 3.05) is 20.8 Å². The molecule has 5 nitrogen and oxygen atoms in total. The van der Waals surface area contributed by atoms with E-state index in [9.17, 15) is 0 Å². The van der Waals surface area contributed by atoms with Crippen LogP contribution in [0.1, 0.15) is 42.1 Å². The van der Waals surface area contributed by atoms with Crippen LogP contribution in [-0.4, -0.2) is 31.5 Å². The molecule has 5 rings (SSSR count). The van der Waals surface area contributed by atoms with Gasteiger partial charge in [-0.3, -0.25) is 4.90 Å². The van der Waals surface area contributed by atoms with Crippen molar-refractivity contribution >= 4 is 0 Å². The monoisotopic (exact) mass is 367 g/mol. The number of benzene rings is 2. The average molecular weight is 367 g/mol. The van der Waals surface area contributed by atoms with Crippen LogP contribution in [0.2, 0.25) is 0 Å². The quantitative estimate of drug-likeness (QED) is 0.806. The van der Waals surface area contributed by atoms with Crippen molar-refractivity contribution in [3.05, 3.63) is 46.5 Å². The highest BCUT2D eigenvalue weighted by Crippen LogP contribution is 2.48. The lowest BCUT2D eigenvalue weighted by molar-refractivity contribution is -0.0431. The number of hydrogen-bond donors (Lipinski definition) is 0. The van der Waals surface area contributed by atoms with Gasteiger partial charge in [-0.2, -0.15) is 0 Å². The minimum atomic E-state index is -0.588. The lowest BCUT2D eigenvalue weighted by Gasteiger charge is -2.42. The first-order chi connectivity index (χ1) is 13.0. The van der Waals surface area contributed by atoms with Gasteiger partial charge in [-0.1, -0.05) is 6.07 Å². The summed E-state index contributed by atoms with van der Waals surface area (Å²) in [6.07, 6.45) is 1.98. The number of hydrogen-bond acceptors (Lipinski definition) is 5. The van der Waals surface area contributed by atoms with Gasteiger partial charge in [-0.15, -0.1) is 0 Å². The largest absolute Gasteiger partial charge is 0.493 e. The molecule has 3 aliphatic rings. The fourth-order valence-corrected chi connectivity index (χ4v) is 4.71. The van der Waals surface area contributed by atoms with E-state index in [1.807, 2.05) is 19.9 Å². The van der Waals surface area contributed by atoms with Crippen molar-refractivity contribution < 1.29 is 18.9 Å². The molecule has 0 saturated carbocycles. The van der Waals surface area contributed by atoms with E-state index < -0.39 is 5.79 Å². The van der Waals surface area contributed by atoms with Crippen LogP contribution < -0.4 is 18.9 Å². The highest BCUT2D eigenvalue weighted by Gasteiger charge is 2.38. The Labute approximate surface area is 159 Å². The fourth-order valence-electron chi connectivity index (χ4n) is 4.71. The van der Waals surface area contributed by atoms with Gasteiger partial charge in [0.2, 0.25) is 5.79 Å². The molecule has 0 aromatic heterocycles. The summed E-state index contributed by atoms with van der Waals surface area (Å²) in [4.78, 5) is 2.54. The van der Waals surface area contributed by atoms with Gasteiger partial charge in [-0.25, -0.2) is 0 Å². The molecule has 0 amide bonds. The first-order valence-electron chi connectivity index (χ1n) is 9.50. The standard InChI is InChI=1S/C22H25NO4/c1-22(2)26-19-10-14-7-8-23-12-16-13(5-6-18(24-3)21(16)25-4)9-17(23)15(14)11-20(19)27-22/h5-6,10-11,17H,7-9,12H2,1-4H3. The molecule has 142 valence electrons. The third-order valence-electron chi connectivity index (χ3n) is 5.91. The molecule has 3 aliphatic heterocycles.